The van der Waals surface area contributed by atoms with Crippen molar-refractivity contribution >= 4 is 24.3 Å². The van der Waals surface area contributed by atoms with Gasteiger partial charge in [0.25, 0.3) is 0 Å². The average molecular weight is 417 g/mol. The van der Waals surface area contributed by atoms with Crippen molar-refractivity contribution in [2.24, 2.45) is 5.92 Å². The van der Waals surface area contributed by atoms with Crippen molar-refractivity contribution in [3.8, 4) is 0 Å². The van der Waals surface area contributed by atoms with E-state index in [1.54, 1.807) is 0 Å². The van der Waals surface area contributed by atoms with Gasteiger partial charge in [0.2, 0.25) is 5.91 Å². The summed E-state index contributed by atoms with van der Waals surface area (Å²) in [6.07, 6.45) is 11.7. The van der Waals surface area contributed by atoms with Gasteiger partial charge in [-0.05, 0) is 57.5 Å². The van der Waals surface area contributed by atoms with Crippen molar-refractivity contribution < 1.29 is 9.59 Å². The summed E-state index contributed by atoms with van der Waals surface area (Å²) >= 11 is 0. The molecule has 3 N–H and O–H groups in total. The quantitative estimate of drug-likeness (QED) is 0.477. The first-order chi connectivity index (χ1) is 13.2. The van der Waals surface area contributed by atoms with Gasteiger partial charge in [-0.2, -0.15) is 0 Å². The predicted molar refractivity (Wildman–Crippen MR) is 117 cm³/mol. The molecular formula is C21H41ClN4O2. The summed E-state index contributed by atoms with van der Waals surface area (Å²) in [7, 11) is 0. The highest BCUT2D eigenvalue weighted by Crippen LogP contribution is 2.18. The fourth-order valence-corrected chi connectivity index (χ4v) is 4.16. The Hall–Kier alpha value is -1.01. The SMILES string of the molecule is CCNCC1CCN(C(=O)CCCCCNC(=O)NC2CCCCC2)CC1.Cl. The van der Waals surface area contributed by atoms with Gasteiger partial charge in [0.1, 0.15) is 0 Å². The van der Waals surface area contributed by atoms with Gasteiger partial charge >= 0.3 is 6.03 Å². The van der Waals surface area contributed by atoms with E-state index in [2.05, 4.69) is 22.9 Å². The number of piperidine rings is 1. The van der Waals surface area contributed by atoms with Crippen LogP contribution in [0.2, 0.25) is 0 Å². The summed E-state index contributed by atoms with van der Waals surface area (Å²) in [4.78, 5) is 26.2. The zero-order valence-corrected chi connectivity index (χ0v) is 18.5. The van der Waals surface area contributed by atoms with Crippen molar-refractivity contribution in [1.82, 2.24) is 20.9 Å². The monoisotopic (exact) mass is 416 g/mol. The van der Waals surface area contributed by atoms with Crippen LogP contribution in [-0.4, -0.2) is 55.6 Å². The van der Waals surface area contributed by atoms with E-state index >= 15 is 0 Å². The fraction of sp³-hybridized carbons (Fsp3) is 0.905. The van der Waals surface area contributed by atoms with Gasteiger partial charge in [0, 0.05) is 32.1 Å². The molecule has 3 amide bonds. The Morgan fingerprint density at radius 3 is 2.36 bits per heavy atom. The summed E-state index contributed by atoms with van der Waals surface area (Å²) in [6, 6.07) is 0.330. The molecule has 164 valence electrons. The number of urea groups is 1. The third-order valence-electron chi connectivity index (χ3n) is 5.94. The van der Waals surface area contributed by atoms with Gasteiger partial charge in [-0.3, -0.25) is 4.79 Å². The first-order valence-corrected chi connectivity index (χ1v) is 11.2. The molecule has 28 heavy (non-hydrogen) atoms. The standard InChI is InChI=1S/C21H40N4O2.ClH/c1-2-22-17-18-12-15-25(16-13-18)20(26)11-7-4-8-14-23-21(27)24-19-9-5-3-6-10-19;/h18-19,22H,2-17H2,1H3,(H2,23,24,27);1H. The predicted octanol–water partition coefficient (Wildman–Crippen LogP) is 3.45. The van der Waals surface area contributed by atoms with Gasteiger partial charge in [-0.25, -0.2) is 4.79 Å². The number of nitrogens with zero attached hydrogens (tertiary/aromatic N) is 1. The second-order valence-electron chi connectivity index (χ2n) is 8.18. The molecule has 1 aliphatic heterocycles. The van der Waals surface area contributed by atoms with Crippen molar-refractivity contribution in [3.05, 3.63) is 0 Å². The second kappa shape index (κ2) is 14.9. The van der Waals surface area contributed by atoms with Crippen LogP contribution in [-0.2, 0) is 4.79 Å². The molecule has 1 saturated carbocycles. The molecule has 1 aliphatic carbocycles. The molecule has 2 aliphatic rings. The molecule has 0 aromatic rings. The second-order valence-corrected chi connectivity index (χ2v) is 8.18. The van der Waals surface area contributed by atoms with E-state index in [0.29, 0.717) is 24.9 Å². The van der Waals surface area contributed by atoms with Crippen molar-refractivity contribution in [2.45, 2.75) is 83.6 Å². The highest BCUT2D eigenvalue weighted by atomic mass is 35.5. The van der Waals surface area contributed by atoms with Crippen LogP contribution < -0.4 is 16.0 Å². The highest BCUT2D eigenvalue weighted by molar-refractivity contribution is 5.85. The van der Waals surface area contributed by atoms with Gasteiger partial charge in [0.15, 0.2) is 0 Å². The van der Waals surface area contributed by atoms with E-state index < -0.39 is 0 Å². The highest BCUT2D eigenvalue weighted by Gasteiger charge is 2.22. The van der Waals surface area contributed by atoms with Crippen molar-refractivity contribution in [3.63, 3.8) is 0 Å². The third kappa shape index (κ3) is 9.97. The number of rotatable bonds is 10. The van der Waals surface area contributed by atoms with E-state index in [4.69, 9.17) is 0 Å². The molecule has 2 fully saturated rings. The Morgan fingerprint density at radius 2 is 1.68 bits per heavy atom. The summed E-state index contributed by atoms with van der Waals surface area (Å²) in [5.74, 6) is 1.03. The van der Waals surface area contributed by atoms with Gasteiger partial charge < -0.3 is 20.9 Å². The first-order valence-electron chi connectivity index (χ1n) is 11.2. The number of likely N-dealkylation sites (tertiary alicyclic amines) is 1. The Bertz CT molecular complexity index is 436. The third-order valence-corrected chi connectivity index (χ3v) is 5.94. The minimum absolute atomic E-state index is 0. The van der Waals surface area contributed by atoms with Crippen LogP contribution in [0, 0.1) is 5.92 Å². The summed E-state index contributed by atoms with van der Waals surface area (Å²) in [6.45, 7) is 6.77. The van der Waals surface area contributed by atoms with E-state index in [1.165, 1.54) is 19.3 Å². The Kier molecular flexibility index (Phi) is 13.3. The number of carbonyl (C=O) groups is 2. The molecule has 1 heterocycles. The van der Waals surface area contributed by atoms with Gasteiger partial charge in [-0.15, -0.1) is 12.4 Å². The molecule has 0 atom stereocenters. The maximum Gasteiger partial charge on any atom is 0.315 e. The minimum Gasteiger partial charge on any atom is -0.343 e. The Balaban J connectivity index is 0.00000392. The lowest BCUT2D eigenvalue weighted by Crippen LogP contribution is -2.43. The summed E-state index contributed by atoms with van der Waals surface area (Å²) in [5, 5.41) is 9.43. The lowest BCUT2D eigenvalue weighted by molar-refractivity contribution is -0.132. The van der Waals surface area contributed by atoms with E-state index in [0.717, 1.165) is 77.0 Å². The Morgan fingerprint density at radius 1 is 0.964 bits per heavy atom. The zero-order valence-electron chi connectivity index (χ0n) is 17.6. The average Bonchev–Trinajstić information content (AvgIpc) is 2.70. The molecular weight excluding hydrogens is 376 g/mol. The number of carbonyl (C=O) groups excluding carboxylic acids is 2. The van der Waals surface area contributed by atoms with E-state index in [1.807, 2.05) is 4.90 Å². The minimum atomic E-state index is -0.0292. The molecule has 0 unspecified atom stereocenters. The van der Waals surface area contributed by atoms with Gasteiger partial charge in [-0.1, -0.05) is 32.6 Å². The number of nitrogens with one attached hydrogen (secondary N) is 3. The van der Waals surface area contributed by atoms with Crippen LogP contribution in [0.5, 0.6) is 0 Å². The molecule has 1 saturated heterocycles. The molecule has 0 bridgehead atoms. The number of hydrogen-bond acceptors (Lipinski definition) is 3. The number of hydrogen-bond donors (Lipinski definition) is 3. The molecule has 0 aromatic heterocycles. The van der Waals surface area contributed by atoms with Gasteiger partial charge in [0.05, 0.1) is 0 Å². The molecule has 0 spiro atoms. The molecule has 7 heteroatoms. The number of halogens is 1. The zero-order chi connectivity index (χ0) is 19.3. The lowest BCUT2D eigenvalue weighted by Gasteiger charge is -2.32. The van der Waals surface area contributed by atoms with Crippen molar-refractivity contribution in [1.29, 1.82) is 0 Å². The van der Waals surface area contributed by atoms with Crippen LogP contribution in [0.15, 0.2) is 0 Å². The Labute approximate surface area is 177 Å². The topological polar surface area (TPSA) is 73.5 Å². The maximum atomic E-state index is 12.3. The van der Waals surface area contributed by atoms with Crippen LogP contribution in [0.1, 0.15) is 77.6 Å². The summed E-state index contributed by atoms with van der Waals surface area (Å²) < 4.78 is 0. The van der Waals surface area contributed by atoms with Crippen LogP contribution >= 0.6 is 12.4 Å². The molecule has 0 radical (unpaired) electrons. The maximum absolute atomic E-state index is 12.3. The van der Waals surface area contributed by atoms with Crippen molar-refractivity contribution in [2.75, 3.05) is 32.7 Å². The molecule has 2 rings (SSSR count). The summed E-state index contributed by atoms with van der Waals surface area (Å²) in [5.41, 5.74) is 0. The first kappa shape index (κ1) is 25.0. The molecule has 6 nitrogen and oxygen atoms in total. The van der Waals surface area contributed by atoms with E-state index in [-0.39, 0.29) is 18.4 Å². The lowest BCUT2D eigenvalue weighted by atomic mass is 9.96. The van der Waals surface area contributed by atoms with Crippen LogP contribution in [0.4, 0.5) is 4.79 Å². The normalized spacial score (nSPS) is 18.4. The fourth-order valence-electron chi connectivity index (χ4n) is 4.16. The molecule has 0 aromatic carbocycles. The van der Waals surface area contributed by atoms with Crippen LogP contribution in [0.25, 0.3) is 0 Å². The number of unbranched alkanes of at least 4 members (excludes halogenated alkanes) is 2. The van der Waals surface area contributed by atoms with Crippen LogP contribution in [0.3, 0.4) is 0 Å². The smallest absolute Gasteiger partial charge is 0.315 e. The van der Waals surface area contributed by atoms with E-state index in [9.17, 15) is 9.59 Å². The largest absolute Gasteiger partial charge is 0.343 e. The number of amides is 3.